The van der Waals surface area contributed by atoms with Crippen LogP contribution >= 0.6 is 0 Å². The Morgan fingerprint density at radius 1 is 1.33 bits per heavy atom. The van der Waals surface area contributed by atoms with E-state index in [0.29, 0.717) is 5.92 Å². The van der Waals surface area contributed by atoms with Crippen LogP contribution in [0.2, 0.25) is 0 Å². The first kappa shape index (κ1) is 8.96. The zero-order chi connectivity index (χ0) is 7.28. The molecule has 2 atom stereocenters. The van der Waals surface area contributed by atoms with Crippen molar-refractivity contribution >= 4 is 0 Å². The summed E-state index contributed by atoms with van der Waals surface area (Å²) >= 11 is 0. The van der Waals surface area contributed by atoms with Gasteiger partial charge in [-0.25, -0.2) is 0 Å². The number of rotatable bonds is 4. The summed E-state index contributed by atoms with van der Waals surface area (Å²) in [5.74, 6) is 0.431. The maximum absolute atomic E-state index is 9.12. The van der Waals surface area contributed by atoms with Crippen molar-refractivity contribution in [2.45, 2.75) is 39.2 Å². The van der Waals surface area contributed by atoms with E-state index in [9.17, 15) is 0 Å². The van der Waals surface area contributed by atoms with Crippen molar-refractivity contribution in [2.24, 2.45) is 5.92 Å². The molecular formula is C8H17O. The van der Waals surface area contributed by atoms with E-state index in [-0.39, 0.29) is 6.10 Å². The first-order chi connectivity index (χ1) is 4.20. The van der Waals surface area contributed by atoms with E-state index in [1.807, 2.05) is 6.92 Å². The van der Waals surface area contributed by atoms with E-state index in [2.05, 4.69) is 13.8 Å². The van der Waals surface area contributed by atoms with Gasteiger partial charge in [0.05, 0.1) is 6.10 Å². The Labute approximate surface area is 58.1 Å². The highest BCUT2D eigenvalue weighted by molar-refractivity contribution is 4.63. The summed E-state index contributed by atoms with van der Waals surface area (Å²) < 4.78 is 0. The second-order valence-electron chi connectivity index (χ2n) is 2.57. The molecule has 0 bridgehead atoms. The van der Waals surface area contributed by atoms with Crippen molar-refractivity contribution in [3.05, 3.63) is 6.92 Å². The zero-order valence-corrected chi connectivity index (χ0v) is 6.43. The molecule has 0 aromatic heterocycles. The largest absolute Gasteiger partial charge is 0.393 e. The Balaban J connectivity index is 3.22. The van der Waals surface area contributed by atoms with Crippen molar-refractivity contribution in [1.82, 2.24) is 0 Å². The van der Waals surface area contributed by atoms with Crippen LogP contribution in [-0.4, -0.2) is 11.2 Å². The lowest BCUT2D eigenvalue weighted by molar-refractivity contribution is 0.145. The average molecular weight is 129 g/mol. The molecule has 0 rings (SSSR count). The fraction of sp³-hybridized carbons (Fsp3) is 0.875. The minimum atomic E-state index is -0.132. The van der Waals surface area contributed by atoms with Crippen LogP contribution in [0.25, 0.3) is 0 Å². The molecule has 0 aromatic carbocycles. The Kier molecular flexibility index (Phi) is 4.78. The molecular weight excluding hydrogens is 112 g/mol. The standard InChI is InChI=1S/C8H17O/c1-4-7(3)6-8(9)5-2/h7-9H,3-6H2,1-2H3. The molecule has 0 aliphatic rings. The van der Waals surface area contributed by atoms with Crippen molar-refractivity contribution in [2.75, 3.05) is 0 Å². The van der Waals surface area contributed by atoms with Crippen LogP contribution in [0.5, 0.6) is 0 Å². The molecule has 1 heteroatoms. The first-order valence-electron chi connectivity index (χ1n) is 3.71. The summed E-state index contributed by atoms with van der Waals surface area (Å²) in [4.78, 5) is 0. The molecule has 0 fully saturated rings. The van der Waals surface area contributed by atoms with Gasteiger partial charge in [-0.05, 0) is 18.8 Å². The fourth-order valence-electron chi connectivity index (χ4n) is 0.718. The molecule has 0 aliphatic heterocycles. The Bertz CT molecular complexity index is 53.6. The van der Waals surface area contributed by atoms with E-state index in [4.69, 9.17) is 5.11 Å². The van der Waals surface area contributed by atoms with Crippen LogP contribution in [0.4, 0.5) is 0 Å². The molecule has 0 aliphatic carbocycles. The lowest BCUT2D eigenvalue weighted by Gasteiger charge is -2.11. The molecule has 55 valence electrons. The summed E-state index contributed by atoms with van der Waals surface area (Å²) in [6.07, 6.45) is 2.64. The number of aliphatic hydroxyl groups excluding tert-OH is 1. The highest BCUT2D eigenvalue weighted by Crippen LogP contribution is 2.10. The molecule has 1 N–H and O–H groups in total. The van der Waals surface area contributed by atoms with E-state index >= 15 is 0 Å². The van der Waals surface area contributed by atoms with Gasteiger partial charge in [0.2, 0.25) is 0 Å². The van der Waals surface area contributed by atoms with Gasteiger partial charge in [0.25, 0.3) is 0 Å². The SMILES string of the molecule is [CH2]C(CC)CC(O)CC. The van der Waals surface area contributed by atoms with Crippen molar-refractivity contribution < 1.29 is 5.11 Å². The average Bonchev–Trinajstić information content (AvgIpc) is 1.87. The Hall–Kier alpha value is -0.0400. The molecule has 1 radical (unpaired) electrons. The highest BCUT2D eigenvalue weighted by Gasteiger charge is 2.05. The van der Waals surface area contributed by atoms with Crippen LogP contribution < -0.4 is 0 Å². The molecule has 0 aromatic rings. The Morgan fingerprint density at radius 3 is 2.22 bits per heavy atom. The summed E-state index contributed by atoms with van der Waals surface area (Å²) in [5, 5.41) is 9.12. The molecule has 9 heavy (non-hydrogen) atoms. The van der Waals surface area contributed by atoms with Crippen molar-refractivity contribution in [1.29, 1.82) is 0 Å². The number of aliphatic hydroxyl groups is 1. The van der Waals surface area contributed by atoms with Gasteiger partial charge in [0.1, 0.15) is 0 Å². The third-order valence-electron chi connectivity index (χ3n) is 1.65. The van der Waals surface area contributed by atoms with Gasteiger partial charge in [-0.15, -0.1) is 0 Å². The van der Waals surface area contributed by atoms with E-state index in [1.165, 1.54) is 0 Å². The molecule has 0 heterocycles. The minimum absolute atomic E-state index is 0.132. The van der Waals surface area contributed by atoms with Crippen molar-refractivity contribution in [3.8, 4) is 0 Å². The quantitative estimate of drug-likeness (QED) is 0.615. The van der Waals surface area contributed by atoms with Crippen LogP contribution in [0.15, 0.2) is 0 Å². The second-order valence-corrected chi connectivity index (χ2v) is 2.57. The predicted octanol–water partition coefficient (Wildman–Crippen LogP) is 2.01. The minimum Gasteiger partial charge on any atom is -0.393 e. The monoisotopic (exact) mass is 129 g/mol. The Morgan fingerprint density at radius 2 is 1.89 bits per heavy atom. The molecule has 1 nitrogen and oxygen atoms in total. The van der Waals surface area contributed by atoms with Crippen molar-refractivity contribution in [3.63, 3.8) is 0 Å². The van der Waals surface area contributed by atoms with Crippen LogP contribution in [0.1, 0.15) is 33.1 Å². The third-order valence-corrected chi connectivity index (χ3v) is 1.65. The summed E-state index contributed by atoms with van der Waals surface area (Å²) in [7, 11) is 0. The van der Waals surface area contributed by atoms with E-state index < -0.39 is 0 Å². The van der Waals surface area contributed by atoms with Crippen LogP contribution in [0, 0.1) is 12.8 Å². The first-order valence-corrected chi connectivity index (χ1v) is 3.71. The highest BCUT2D eigenvalue weighted by atomic mass is 16.3. The molecule has 2 unspecified atom stereocenters. The topological polar surface area (TPSA) is 20.2 Å². The molecule has 0 saturated heterocycles. The molecule has 0 amide bonds. The lowest BCUT2D eigenvalue weighted by atomic mass is 10.00. The maximum Gasteiger partial charge on any atom is 0.0540 e. The second kappa shape index (κ2) is 4.80. The maximum atomic E-state index is 9.12. The van der Waals surface area contributed by atoms with Gasteiger partial charge < -0.3 is 5.11 Å². The van der Waals surface area contributed by atoms with Crippen LogP contribution in [0.3, 0.4) is 0 Å². The van der Waals surface area contributed by atoms with Gasteiger partial charge in [0.15, 0.2) is 0 Å². The van der Waals surface area contributed by atoms with E-state index in [0.717, 1.165) is 19.3 Å². The predicted molar refractivity (Wildman–Crippen MR) is 40.1 cm³/mol. The van der Waals surface area contributed by atoms with E-state index in [1.54, 1.807) is 0 Å². The van der Waals surface area contributed by atoms with Gasteiger partial charge in [-0.1, -0.05) is 27.2 Å². The summed E-state index contributed by atoms with van der Waals surface area (Å²) in [6, 6.07) is 0. The van der Waals surface area contributed by atoms with Crippen LogP contribution in [-0.2, 0) is 0 Å². The number of hydrogen-bond acceptors (Lipinski definition) is 1. The summed E-state index contributed by atoms with van der Waals surface area (Å²) in [5.41, 5.74) is 0. The third kappa shape index (κ3) is 4.46. The summed E-state index contributed by atoms with van der Waals surface area (Å²) in [6.45, 7) is 7.97. The van der Waals surface area contributed by atoms with Gasteiger partial charge in [0, 0.05) is 0 Å². The smallest absolute Gasteiger partial charge is 0.0540 e. The zero-order valence-electron chi connectivity index (χ0n) is 6.43. The van der Waals surface area contributed by atoms with Gasteiger partial charge in [-0.2, -0.15) is 0 Å². The molecule has 0 spiro atoms. The fourth-order valence-corrected chi connectivity index (χ4v) is 0.718. The lowest BCUT2D eigenvalue weighted by Crippen LogP contribution is -2.09. The van der Waals surface area contributed by atoms with Gasteiger partial charge in [-0.3, -0.25) is 0 Å². The number of hydrogen-bond donors (Lipinski definition) is 1. The van der Waals surface area contributed by atoms with Gasteiger partial charge >= 0.3 is 0 Å². The molecule has 0 saturated carbocycles. The normalized spacial score (nSPS) is 17.3.